The van der Waals surface area contributed by atoms with E-state index in [1.54, 1.807) is 0 Å². The molecule has 0 aromatic carbocycles. The van der Waals surface area contributed by atoms with E-state index in [1.807, 2.05) is 0 Å². The summed E-state index contributed by atoms with van der Waals surface area (Å²) in [6.07, 6.45) is 10.1. The topological polar surface area (TPSA) is 38.0 Å². The fraction of sp³-hybridized carbons (Fsp3) is 1.00. The Kier molecular flexibility index (Phi) is 6.20. The van der Waals surface area contributed by atoms with E-state index < -0.39 is 0 Å². The van der Waals surface area contributed by atoms with Crippen molar-refractivity contribution in [1.82, 2.24) is 5.32 Å². The van der Waals surface area contributed by atoms with Crippen LogP contribution >= 0.6 is 0 Å². The number of nitrogens with one attached hydrogen (secondary N) is 1. The SMILES string of the molecule is CC(CN)NCCC1CCCCCC1. The minimum atomic E-state index is 0.487. The summed E-state index contributed by atoms with van der Waals surface area (Å²) in [6.45, 7) is 4.07. The van der Waals surface area contributed by atoms with E-state index in [0.29, 0.717) is 6.04 Å². The Balaban J connectivity index is 2.04. The molecular weight excluding hydrogens is 172 g/mol. The van der Waals surface area contributed by atoms with Gasteiger partial charge in [0.2, 0.25) is 0 Å². The average Bonchev–Trinajstić information content (AvgIpc) is 2.46. The predicted octanol–water partition coefficient (Wildman–Crippen LogP) is 2.28. The van der Waals surface area contributed by atoms with Crippen LogP contribution < -0.4 is 11.1 Å². The minimum absolute atomic E-state index is 0.487. The number of rotatable bonds is 5. The molecule has 1 unspecified atom stereocenters. The van der Waals surface area contributed by atoms with Crippen LogP contribution in [0.2, 0.25) is 0 Å². The van der Waals surface area contributed by atoms with Crippen LogP contribution in [0.15, 0.2) is 0 Å². The summed E-state index contributed by atoms with van der Waals surface area (Å²) in [7, 11) is 0. The highest BCUT2D eigenvalue weighted by molar-refractivity contribution is 4.67. The second kappa shape index (κ2) is 7.24. The van der Waals surface area contributed by atoms with Crippen LogP contribution in [-0.4, -0.2) is 19.1 Å². The Morgan fingerprint density at radius 2 is 1.86 bits per heavy atom. The van der Waals surface area contributed by atoms with E-state index in [-0.39, 0.29) is 0 Å². The van der Waals surface area contributed by atoms with Crippen molar-refractivity contribution in [3.8, 4) is 0 Å². The number of hydrogen-bond acceptors (Lipinski definition) is 2. The van der Waals surface area contributed by atoms with Crippen molar-refractivity contribution in [3.05, 3.63) is 0 Å². The van der Waals surface area contributed by atoms with Crippen molar-refractivity contribution in [3.63, 3.8) is 0 Å². The van der Waals surface area contributed by atoms with Gasteiger partial charge in [0, 0.05) is 12.6 Å². The lowest BCUT2D eigenvalue weighted by molar-refractivity contribution is 0.402. The first-order valence-electron chi connectivity index (χ1n) is 6.26. The molecule has 0 radical (unpaired) electrons. The third-order valence-corrected chi connectivity index (χ3v) is 3.37. The van der Waals surface area contributed by atoms with Crippen molar-refractivity contribution in [1.29, 1.82) is 0 Å². The summed E-state index contributed by atoms with van der Waals surface area (Å²) in [6, 6.07) is 0.487. The highest BCUT2D eigenvalue weighted by atomic mass is 14.9. The molecule has 1 fully saturated rings. The van der Waals surface area contributed by atoms with E-state index in [9.17, 15) is 0 Å². The van der Waals surface area contributed by atoms with Crippen LogP contribution in [0.1, 0.15) is 51.9 Å². The molecular formula is C12H26N2. The Bertz CT molecular complexity index is 128. The molecule has 3 N–H and O–H groups in total. The van der Waals surface area contributed by atoms with Crippen molar-refractivity contribution in [2.75, 3.05) is 13.1 Å². The lowest BCUT2D eigenvalue weighted by atomic mass is 9.96. The second-order valence-electron chi connectivity index (χ2n) is 4.74. The highest BCUT2D eigenvalue weighted by Gasteiger charge is 2.11. The van der Waals surface area contributed by atoms with E-state index in [1.165, 1.54) is 44.9 Å². The molecule has 0 heterocycles. The molecule has 14 heavy (non-hydrogen) atoms. The van der Waals surface area contributed by atoms with Gasteiger partial charge in [0.05, 0.1) is 0 Å². The van der Waals surface area contributed by atoms with Gasteiger partial charge in [0.1, 0.15) is 0 Å². The van der Waals surface area contributed by atoms with Gasteiger partial charge in [-0.05, 0) is 25.8 Å². The fourth-order valence-corrected chi connectivity index (χ4v) is 2.27. The van der Waals surface area contributed by atoms with Crippen LogP contribution in [0, 0.1) is 5.92 Å². The van der Waals surface area contributed by atoms with E-state index in [2.05, 4.69) is 12.2 Å². The third-order valence-electron chi connectivity index (χ3n) is 3.37. The molecule has 2 nitrogen and oxygen atoms in total. The lowest BCUT2D eigenvalue weighted by Gasteiger charge is -2.16. The zero-order chi connectivity index (χ0) is 10.2. The molecule has 0 aromatic heterocycles. The van der Waals surface area contributed by atoms with Crippen LogP contribution in [0.3, 0.4) is 0 Å². The zero-order valence-corrected chi connectivity index (χ0v) is 9.60. The summed E-state index contributed by atoms with van der Waals surface area (Å²) in [5.74, 6) is 0.981. The first kappa shape index (κ1) is 12.0. The molecule has 0 amide bonds. The molecule has 84 valence electrons. The first-order chi connectivity index (χ1) is 6.83. The predicted molar refractivity (Wildman–Crippen MR) is 62.3 cm³/mol. The van der Waals surface area contributed by atoms with E-state index in [0.717, 1.165) is 19.0 Å². The second-order valence-corrected chi connectivity index (χ2v) is 4.74. The van der Waals surface area contributed by atoms with Gasteiger partial charge in [-0.1, -0.05) is 38.5 Å². The van der Waals surface area contributed by atoms with Crippen LogP contribution in [-0.2, 0) is 0 Å². The van der Waals surface area contributed by atoms with Crippen molar-refractivity contribution < 1.29 is 0 Å². The maximum Gasteiger partial charge on any atom is 0.0161 e. The van der Waals surface area contributed by atoms with Gasteiger partial charge in [-0.3, -0.25) is 0 Å². The van der Waals surface area contributed by atoms with Gasteiger partial charge in [0.15, 0.2) is 0 Å². The first-order valence-corrected chi connectivity index (χ1v) is 6.26. The average molecular weight is 198 g/mol. The fourth-order valence-electron chi connectivity index (χ4n) is 2.27. The molecule has 0 aromatic rings. The summed E-state index contributed by atoms with van der Waals surface area (Å²) in [4.78, 5) is 0. The largest absolute Gasteiger partial charge is 0.329 e. The monoisotopic (exact) mass is 198 g/mol. The summed E-state index contributed by atoms with van der Waals surface area (Å²) in [5, 5.41) is 3.47. The Hall–Kier alpha value is -0.0800. The summed E-state index contributed by atoms with van der Waals surface area (Å²) in [5.41, 5.74) is 5.55. The molecule has 0 aliphatic heterocycles. The highest BCUT2D eigenvalue weighted by Crippen LogP contribution is 2.24. The van der Waals surface area contributed by atoms with Gasteiger partial charge in [-0.25, -0.2) is 0 Å². The molecule has 1 rings (SSSR count). The number of nitrogens with two attached hydrogens (primary N) is 1. The molecule has 1 saturated carbocycles. The normalized spacial score (nSPS) is 21.9. The lowest BCUT2D eigenvalue weighted by Crippen LogP contribution is -2.34. The smallest absolute Gasteiger partial charge is 0.0161 e. The third kappa shape index (κ3) is 4.97. The molecule has 0 bridgehead atoms. The van der Waals surface area contributed by atoms with Gasteiger partial charge >= 0.3 is 0 Å². The molecule has 2 heteroatoms. The molecule has 0 spiro atoms. The Labute approximate surface area is 88.6 Å². The molecule has 1 aliphatic rings. The standard InChI is InChI=1S/C12H26N2/c1-11(10-13)14-9-8-12-6-4-2-3-5-7-12/h11-12,14H,2-10,13H2,1H3. The summed E-state index contributed by atoms with van der Waals surface area (Å²) >= 11 is 0. The van der Waals surface area contributed by atoms with Crippen molar-refractivity contribution in [2.24, 2.45) is 11.7 Å². The maximum atomic E-state index is 5.55. The van der Waals surface area contributed by atoms with Gasteiger partial charge in [0.25, 0.3) is 0 Å². The molecule has 1 aliphatic carbocycles. The summed E-state index contributed by atoms with van der Waals surface area (Å²) < 4.78 is 0. The molecule has 0 saturated heterocycles. The minimum Gasteiger partial charge on any atom is -0.329 e. The Morgan fingerprint density at radius 3 is 2.43 bits per heavy atom. The maximum absolute atomic E-state index is 5.55. The van der Waals surface area contributed by atoms with Crippen molar-refractivity contribution >= 4 is 0 Å². The van der Waals surface area contributed by atoms with Gasteiger partial charge in [-0.2, -0.15) is 0 Å². The number of hydrogen-bond donors (Lipinski definition) is 2. The van der Waals surface area contributed by atoms with E-state index in [4.69, 9.17) is 5.73 Å². The molecule has 1 atom stereocenters. The van der Waals surface area contributed by atoms with Gasteiger partial charge < -0.3 is 11.1 Å². The van der Waals surface area contributed by atoms with Crippen molar-refractivity contribution in [2.45, 2.75) is 57.9 Å². The quantitative estimate of drug-likeness (QED) is 0.665. The van der Waals surface area contributed by atoms with Gasteiger partial charge in [-0.15, -0.1) is 0 Å². The zero-order valence-electron chi connectivity index (χ0n) is 9.60. The van der Waals surface area contributed by atoms with E-state index >= 15 is 0 Å². The Morgan fingerprint density at radius 1 is 1.21 bits per heavy atom. The van der Waals surface area contributed by atoms with Crippen LogP contribution in [0.5, 0.6) is 0 Å². The van der Waals surface area contributed by atoms with Crippen LogP contribution in [0.4, 0.5) is 0 Å². The van der Waals surface area contributed by atoms with Crippen LogP contribution in [0.25, 0.3) is 0 Å².